The Morgan fingerprint density at radius 2 is 1.15 bits per heavy atom. The molecule has 33 heteroatoms. The number of nitrogens with two attached hydrogens (primary N) is 2. The predicted molar refractivity (Wildman–Crippen MR) is 258 cm³/mol. The molecule has 0 fully saturated rings. The molecule has 0 amide bonds. The zero-order chi connectivity index (χ0) is 58.4. The van der Waals surface area contributed by atoms with Gasteiger partial charge in [0.25, 0.3) is 0 Å². The maximum atomic E-state index is 10.9. The van der Waals surface area contributed by atoms with E-state index in [4.69, 9.17) is 114 Å². The first-order chi connectivity index (χ1) is 33.6. The molecule has 24 N–H and O–H groups in total. The second-order valence-electron chi connectivity index (χ2n) is 12.9. The van der Waals surface area contributed by atoms with Crippen molar-refractivity contribution in [3.63, 3.8) is 0 Å². The molecule has 0 aromatic carbocycles. The van der Waals surface area contributed by atoms with E-state index in [0.717, 1.165) is 14.2 Å². The van der Waals surface area contributed by atoms with E-state index in [2.05, 4.69) is 32.6 Å². The zero-order valence-electron chi connectivity index (χ0n) is 41.5. The van der Waals surface area contributed by atoms with Crippen molar-refractivity contribution in [2.75, 3.05) is 67.5 Å². The van der Waals surface area contributed by atoms with Gasteiger partial charge in [-0.1, -0.05) is 21.4 Å². The van der Waals surface area contributed by atoms with E-state index in [1.807, 2.05) is 13.8 Å². The van der Waals surface area contributed by atoms with Crippen molar-refractivity contribution in [3.05, 3.63) is 42.4 Å². The molecule has 14 atom stereocenters. The van der Waals surface area contributed by atoms with Gasteiger partial charge in [0.05, 0.1) is 71.2 Å². The number of Topliss-reactive ketones (excluding diaryl/α,β-unsaturated/α-hetero) is 2. The number of nitrogens with zero attached hydrogens (tertiary/aromatic N) is 2. The van der Waals surface area contributed by atoms with Crippen LogP contribution in [0.25, 0.3) is 0 Å². The minimum atomic E-state index is -1.79. The Morgan fingerprint density at radius 1 is 0.760 bits per heavy atom. The second kappa shape index (κ2) is 59.3. The van der Waals surface area contributed by atoms with Crippen LogP contribution in [0, 0.1) is 16.7 Å². The van der Waals surface area contributed by atoms with Gasteiger partial charge in [0.2, 0.25) is 5.90 Å². The number of hydrogen-bond donors (Lipinski definition) is 22. The molecule has 1 aromatic heterocycles. The Bertz CT molecular complexity index is 1570. The first-order valence-corrected chi connectivity index (χ1v) is 20.4. The van der Waals surface area contributed by atoms with Crippen LogP contribution >= 0.6 is 0 Å². The molecule has 1 aromatic rings. The molecule has 1 heterocycles. The number of H-pyrrole nitrogens is 1. The number of rotatable bonds is 25. The molecule has 0 aliphatic heterocycles. The molecule has 0 saturated carbocycles. The molecular weight excluding hydrogens is 1030 g/mol. The number of hydrogen-bond acceptors (Lipinski definition) is 31. The van der Waals surface area contributed by atoms with Crippen molar-refractivity contribution in [3.8, 4) is 6.07 Å². The average Bonchev–Trinajstić information content (AvgIpc) is 3.92. The Hall–Kier alpha value is -3.91. The summed E-state index contributed by atoms with van der Waals surface area (Å²) >= 11 is 0. The third kappa shape index (κ3) is 44.9. The van der Waals surface area contributed by atoms with E-state index >= 15 is 0 Å². The molecule has 0 aliphatic rings. The number of methoxy groups -OCH3 is 1. The maximum Gasteiger partial charge on any atom is 1.00 e. The standard InChI is InChI=1S/C9H14N2O5.2C6H13NO5.C6H11NO2.C6H12O6.C5H7NO.CH4O.CH3O.2CH4.Na/c1-4(13)9-10-2-5(11-9)7(15)8(16)6(14)3-12;7-3(1-8)5(11)6(12)4(10)2-9;7-1-3(9)5(11)6(12)4(10)2-8;1-4-9-5(2)6(7)8-3;7-1-3(9)5(11)6(12)4(10)2-8;1-3-7-5(2)4-6;2*1-2;;;/h2,6-8,12,14-16H,3H2,1H3,(H,10,11);1,3-6,9-12H,2,7H2;4-6,8,10-12H,1-2,7H2;7H,2,4H2,1,3H3;1,3-6,8-12H,2H2;2-3H2,1H3;2H,1H3;1H3;2*1H4;/q;;;;;;;-1;;;+1/t6-,7-,8-;3-,4+,5+,6+;4-,5-,6-;;3-,4+,5+,6+;;;;;;/m101.0....../s1. The number of allylic oxidation sites excluding steroid dienone is 1. The molecule has 0 spiro atoms. The van der Waals surface area contributed by atoms with Gasteiger partial charge in [-0.3, -0.25) is 15.0 Å². The predicted octanol–water partition coefficient (Wildman–Crippen LogP) is -12.8. The number of nitriles is 1. The number of aromatic nitrogens is 2. The van der Waals surface area contributed by atoms with Crippen LogP contribution in [0.4, 0.5) is 0 Å². The summed E-state index contributed by atoms with van der Waals surface area (Å²) in [6.45, 7) is 9.41. The fraction of sp³-hybridized carbons (Fsp3) is 0.690. The molecule has 0 radical (unpaired) electrons. The quantitative estimate of drug-likeness (QED) is 0.00822. The first-order valence-electron chi connectivity index (χ1n) is 20.4. The van der Waals surface area contributed by atoms with Gasteiger partial charge in [0.1, 0.15) is 91.7 Å². The normalized spacial score (nSPS) is 15.1. The number of nitrogens with one attached hydrogen (secondary N) is 2. The van der Waals surface area contributed by atoms with Crippen LogP contribution in [0.5, 0.6) is 0 Å². The summed E-state index contributed by atoms with van der Waals surface area (Å²) in [6, 6.07) is 0.486. The van der Waals surface area contributed by atoms with Gasteiger partial charge < -0.3 is 137 Å². The largest absolute Gasteiger partial charge is 1.00 e. The fourth-order valence-electron chi connectivity index (χ4n) is 3.62. The van der Waals surface area contributed by atoms with Gasteiger partial charge in [-0.05, 0) is 20.4 Å². The fourth-order valence-corrected chi connectivity index (χ4v) is 3.62. The van der Waals surface area contributed by atoms with Gasteiger partial charge in [0.15, 0.2) is 35.2 Å². The Labute approximate surface area is 457 Å². The summed E-state index contributed by atoms with van der Waals surface area (Å²) in [4.78, 5) is 47.7. The van der Waals surface area contributed by atoms with Gasteiger partial charge in [-0.2, -0.15) is 12.4 Å². The minimum Gasteiger partial charge on any atom is -0.857 e. The number of aliphatic hydroxyl groups is 18. The van der Waals surface area contributed by atoms with Crippen LogP contribution in [-0.2, 0) is 28.6 Å². The topological polar surface area (TPSA) is 612 Å². The second-order valence-corrected chi connectivity index (χ2v) is 12.9. The zero-order valence-corrected chi connectivity index (χ0v) is 43.5. The number of carbonyl (C=O) groups excluding carboxylic acids is 4. The Balaban J connectivity index is -0.0000000838. The summed E-state index contributed by atoms with van der Waals surface area (Å²) in [5, 5.41) is 181. The molecular formula is C42H85N6NaO26. The van der Waals surface area contributed by atoms with Crippen molar-refractivity contribution in [2.45, 2.75) is 121 Å². The number of carbonyl (C=O) groups is 4. The van der Waals surface area contributed by atoms with E-state index in [-0.39, 0.29) is 91.7 Å². The number of aldehydes is 2. The number of aliphatic hydroxyl groups excluding tert-OH is 18. The van der Waals surface area contributed by atoms with E-state index in [1.54, 1.807) is 6.07 Å². The third-order valence-electron chi connectivity index (χ3n) is 7.71. The van der Waals surface area contributed by atoms with Crippen LogP contribution in [0.3, 0.4) is 0 Å². The molecule has 440 valence electrons. The van der Waals surface area contributed by atoms with Crippen molar-refractivity contribution in [1.82, 2.24) is 9.97 Å². The van der Waals surface area contributed by atoms with E-state index < -0.39 is 124 Å². The average molecular weight is 1110 g/mol. The minimum absolute atomic E-state index is 0. The summed E-state index contributed by atoms with van der Waals surface area (Å²) in [7, 11) is 3.16. The third-order valence-corrected chi connectivity index (χ3v) is 7.71. The number of ether oxygens (including phenoxy) is 3. The molecule has 0 aliphatic carbocycles. The molecule has 0 bridgehead atoms. The molecule has 0 saturated heterocycles. The van der Waals surface area contributed by atoms with Crippen molar-refractivity contribution in [1.29, 1.82) is 10.7 Å². The summed E-state index contributed by atoms with van der Waals surface area (Å²) < 4.78 is 14.0. The van der Waals surface area contributed by atoms with Crippen LogP contribution < -0.4 is 46.1 Å². The van der Waals surface area contributed by atoms with Crippen LogP contribution in [0.1, 0.15) is 58.0 Å². The van der Waals surface area contributed by atoms with Crippen LogP contribution in [-0.4, -0.2) is 279 Å². The molecule has 1 rings (SSSR count). The van der Waals surface area contributed by atoms with Crippen LogP contribution in [0.15, 0.2) is 30.9 Å². The summed E-state index contributed by atoms with van der Waals surface area (Å²) in [5.74, 6) is -0.593. The molecule has 75 heavy (non-hydrogen) atoms. The molecule has 32 nitrogen and oxygen atoms in total. The van der Waals surface area contributed by atoms with Crippen molar-refractivity contribution >= 4 is 30.0 Å². The van der Waals surface area contributed by atoms with Gasteiger partial charge >= 0.3 is 29.6 Å². The SMILES string of the molecule is C.C.C=C(C#N)OCC.C=C(OCC)C(=N)OC.CC(=O)c1ncc([C@@H](O)[C@H](O)[C@H](O)CO)[nH]1.CO.C[O-].NCC(=O)[C@@H](O)[C@H](O)[C@H](O)CO.N[C@@H](C=O)[C@@H](O)[C@H](O)[C@H](O)CO.O=C[C@H](O)[C@@H](O)[C@H](O)[C@H](O)CO.[Na+]. The maximum absolute atomic E-state index is 10.9. The first kappa shape index (κ1) is 93.6. The number of ketones is 2. The Kier molecular flexibility index (Phi) is 74.0. The summed E-state index contributed by atoms with van der Waals surface area (Å²) in [6.07, 6.45) is -19.5. The van der Waals surface area contributed by atoms with Gasteiger partial charge in [0, 0.05) is 14.0 Å². The van der Waals surface area contributed by atoms with Crippen LogP contribution in [0.2, 0.25) is 0 Å². The van der Waals surface area contributed by atoms with Gasteiger partial charge in [-0.15, -0.1) is 0 Å². The summed E-state index contributed by atoms with van der Waals surface area (Å²) in [5.41, 5.74) is 10.0. The van der Waals surface area contributed by atoms with E-state index in [9.17, 15) is 29.4 Å². The van der Waals surface area contributed by atoms with Gasteiger partial charge in [-0.25, -0.2) is 4.98 Å². The number of aromatic amines is 1. The van der Waals surface area contributed by atoms with E-state index in [0.29, 0.717) is 13.2 Å². The number of imidazole rings is 1. The smallest absolute Gasteiger partial charge is 0.857 e. The monoisotopic (exact) mass is 1110 g/mol. The Morgan fingerprint density at radius 3 is 1.44 bits per heavy atom. The van der Waals surface area contributed by atoms with Crippen molar-refractivity contribution in [2.24, 2.45) is 11.5 Å². The van der Waals surface area contributed by atoms with E-state index in [1.165, 1.54) is 20.2 Å². The molecule has 0 unspecified atom stereocenters. The van der Waals surface area contributed by atoms with Crippen molar-refractivity contribution < 1.29 is 160 Å².